The Kier molecular flexibility index (Phi) is 9.35. The number of nitrogens with zero attached hydrogens (tertiary/aromatic N) is 2. The second kappa shape index (κ2) is 11.9. The van der Waals surface area contributed by atoms with Gasteiger partial charge in [-0.2, -0.15) is 0 Å². The predicted molar refractivity (Wildman–Crippen MR) is 148 cm³/mol. The molecule has 0 spiro atoms. The van der Waals surface area contributed by atoms with E-state index in [1.54, 1.807) is 44.2 Å². The van der Waals surface area contributed by atoms with Gasteiger partial charge in [-0.1, -0.05) is 61.2 Å². The van der Waals surface area contributed by atoms with Gasteiger partial charge in [-0.3, -0.25) is 0 Å². The van der Waals surface area contributed by atoms with Crippen LogP contribution in [0.2, 0.25) is 19.6 Å². The fraction of sp³-hybridized carbons (Fsp3) is 0.444. The molecule has 1 unspecified atom stereocenters. The van der Waals surface area contributed by atoms with Crippen molar-refractivity contribution in [2.24, 2.45) is 0 Å². The van der Waals surface area contributed by atoms with E-state index in [0.717, 1.165) is 11.1 Å². The minimum Gasteiger partial charge on any atom is -0.392 e. The third-order valence-electron chi connectivity index (χ3n) is 6.58. The van der Waals surface area contributed by atoms with E-state index >= 15 is 0 Å². The first-order valence-corrected chi connectivity index (χ1v) is 17.4. The largest absolute Gasteiger partial charge is 0.392 e. The predicted octanol–water partition coefficient (Wildman–Crippen LogP) is 5.42. The molecule has 0 fully saturated rings. The summed E-state index contributed by atoms with van der Waals surface area (Å²) in [4.78, 5) is 0.113. The molecular formula is C27H38N2O6SSi. The van der Waals surface area contributed by atoms with Crippen molar-refractivity contribution < 1.29 is 27.5 Å². The summed E-state index contributed by atoms with van der Waals surface area (Å²) < 4.78 is 47.1. The van der Waals surface area contributed by atoms with Gasteiger partial charge < -0.3 is 19.1 Å². The number of ether oxygens (including phenoxy) is 2. The van der Waals surface area contributed by atoms with Crippen molar-refractivity contribution in [3.63, 3.8) is 0 Å². The lowest BCUT2D eigenvalue weighted by atomic mass is 9.98. The van der Waals surface area contributed by atoms with Crippen LogP contribution >= 0.6 is 0 Å². The van der Waals surface area contributed by atoms with E-state index < -0.39 is 18.1 Å². The van der Waals surface area contributed by atoms with Gasteiger partial charge in [-0.25, -0.2) is 12.7 Å². The number of hydrogen-bond donors (Lipinski definition) is 1. The molecule has 3 aromatic rings. The smallest absolute Gasteiger partial charge is 0.269 e. The Morgan fingerprint density at radius 1 is 1.11 bits per heavy atom. The van der Waals surface area contributed by atoms with E-state index in [1.165, 1.54) is 4.31 Å². The fourth-order valence-electron chi connectivity index (χ4n) is 3.68. The first kappa shape index (κ1) is 29.1. The van der Waals surface area contributed by atoms with E-state index in [2.05, 4.69) is 24.8 Å². The summed E-state index contributed by atoms with van der Waals surface area (Å²) in [7, 11) is -5.83. The number of aliphatic hydroxyl groups is 1. The second-order valence-corrected chi connectivity index (χ2v) is 17.5. The molecule has 0 saturated heterocycles. The summed E-state index contributed by atoms with van der Waals surface area (Å²) in [6.07, 6.45) is 0. The molecule has 3 rings (SSSR count). The zero-order chi connectivity index (χ0) is 27.4. The van der Waals surface area contributed by atoms with Gasteiger partial charge in [0, 0.05) is 23.5 Å². The number of hydrogen-bond acceptors (Lipinski definition) is 7. The quantitative estimate of drug-likeness (QED) is 0.239. The molecule has 202 valence electrons. The van der Waals surface area contributed by atoms with Gasteiger partial charge in [0.15, 0.2) is 0 Å². The highest BCUT2D eigenvalue weighted by Crippen LogP contribution is 2.36. The topological polar surface area (TPSA) is 102 Å². The highest BCUT2D eigenvalue weighted by atomic mass is 32.2. The molecule has 1 heterocycles. The van der Waals surface area contributed by atoms with Gasteiger partial charge >= 0.3 is 0 Å². The van der Waals surface area contributed by atoms with Crippen LogP contribution in [0.15, 0.2) is 51.9 Å². The Bertz CT molecular complexity index is 1320. The van der Waals surface area contributed by atoms with Crippen LogP contribution in [-0.2, 0) is 32.7 Å². The van der Waals surface area contributed by atoms with Crippen LogP contribution in [-0.4, -0.2) is 45.8 Å². The second-order valence-electron chi connectivity index (χ2n) is 10.1. The number of benzene rings is 2. The van der Waals surface area contributed by atoms with Crippen molar-refractivity contribution >= 4 is 24.0 Å². The van der Waals surface area contributed by atoms with Gasteiger partial charge in [0.25, 0.3) is 10.0 Å². The molecular weight excluding hydrogens is 508 g/mol. The fourth-order valence-corrected chi connectivity index (χ4v) is 5.78. The molecule has 1 N–H and O–H groups in total. The monoisotopic (exact) mass is 546 g/mol. The van der Waals surface area contributed by atoms with E-state index in [9.17, 15) is 13.5 Å². The van der Waals surface area contributed by atoms with Crippen LogP contribution in [0.3, 0.4) is 0 Å². The molecule has 0 saturated carbocycles. The van der Waals surface area contributed by atoms with Crippen molar-refractivity contribution in [2.75, 3.05) is 17.6 Å². The minimum absolute atomic E-state index is 0.0893. The summed E-state index contributed by atoms with van der Waals surface area (Å²) in [5.74, 6) is 0.139. The molecule has 1 aromatic heterocycles. The van der Waals surface area contributed by atoms with Gasteiger partial charge in [0.1, 0.15) is 6.73 Å². The maximum atomic E-state index is 14.3. The summed E-state index contributed by atoms with van der Waals surface area (Å²) in [6.45, 7) is 14.4. The van der Waals surface area contributed by atoms with Crippen molar-refractivity contribution in [3.05, 3.63) is 64.8 Å². The Hall–Kier alpha value is -2.50. The Balaban J connectivity index is 2.15. The lowest BCUT2D eigenvalue weighted by Crippen LogP contribution is -2.42. The van der Waals surface area contributed by atoms with Crippen LogP contribution in [0.5, 0.6) is 0 Å². The molecule has 0 aliphatic carbocycles. The SMILES string of the molecule is CCOCc1cc(CO)ccc1-c1ccccc1S(=O)(=O)N(COC(C)[Si](C)(C)C)c1onc(C)c1C. The summed E-state index contributed by atoms with van der Waals surface area (Å²) in [5, 5.41) is 13.6. The molecule has 8 nitrogen and oxygen atoms in total. The third kappa shape index (κ3) is 6.50. The molecule has 0 aliphatic rings. The van der Waals surface area contributed by atoms with Gasteiger partial charge in [-0.15, -0.1) is 0 Å². The molecule has 0 radical (unpaired) electrons. The lowest BCUT2D eigenvalue weighted by Gasteiger charge is -2.29. The van der Waals surface area contributed by atoms with Crippen molar-refractivity contribution in [1.82, 2.24) is 5.16 Å². The van der Waals surface area contributed by atoms with E-state index in [-0.39, 0.29) is 36.5 Å². The number of aromatic nitrogens is 1. The highest BCUT2D eigenvalue weighted by molar-refractivity contribution is 7.93. The van der Waals surface area contributed by atoms with Crippen LogP contribution < -0.4 is 4.31 Å². The van der Waals surface area contributed by atoms with E-state index in [0.29, 0.717) is 29.0 Å². The van der Waals surface area contributed by atoms with Crippen molar-refractivity contribution in [2.45, 2.75) is 71.2 Å². The summed E-state index contributed by atoms with van der Waals surface area (Å²) in [5.41, 5.74) is 3.91. The van der Waals surface area contributed by atoms with Gasteiger partial charge in [-0.05, 0) is 50.5 Å². The van der Waals surface area contributed by atoms with Crippen LogP contribution in [0.4, 0.5) is 5.88 Å². The molecule has 0 amide bonds. The Morgan fingerprint density at radius 2 is 1.81 bits per heavy atom. The van der Waals surface area contributed by atoms with E-state index in [4.69, 9.17) is 14.0 Å². The normalized spacial score (nSPS) is 13.1. The Morgan fingerprint density at radius 3 is 2.41 bits per heavy atom. The number of sulfonamides is 1. The molecule has 2 aromatic carbocycles. The minimum atomic E-state index is -4.14. The van der Waals surface area contributed by atoms with Gasteiger partial charge in [0.05, 0.1) is 31.9 Å². The summed E-state index contributed by atoms with van der Waals surface area (Å²) in [6, 6.07) is 12.3. The van der Waals surface area contributed by atoms with Gasteiger partial charge in [0.2, 0.25) is 5.88 Å². The average Bonchev–Trinajstić information content (AvgIpc) is 3.19. The molecule has 37 heavy (non-hydrogen) atoms. The lowest BCUT2D eigenvalue weighted by molar-refractivity contribution is 0.117. The van der Waals surface area contributed by atoms with E-state index in [1.807, 2.05) is 26.0 Å². The number of aliphatic hydroxyl groups excluding tert-OH is 1. The zero-order valence-corrected chi connectivity index (χ0v) is 24.6. The van der Waals surface area contributed by atoms with Crippen LogP contribution in [0.25, 0.3) is 11.1 Å². The highest BCUT2D eigenvalue weighted by Gasteiger charge is 2.34. The summed E-state index contributed by atoms with van der Waals surface area (Å²) >= 11 is 0. The maximum Gasteiger partial charge on any atom is 0.269 e. The third-order valence-corrected chi connectivity index (χ3v) is 10.9. The van der Waals surface area contributed by atoms with Crippen molar-refractivity contribution in [1.29, 1.82) is 0 Å². The van der Waals surface area contributed by atoms with Crippen LogP contribution in [0, 0.1) is 13.8 Å². The maximum absolute atomic E-state index is 14.3. The molecule has 1 atom stereocenters. The molecule has 0 aliphatic heterocycles. The van der Waals surface area contributed by atoms with Crippen molar-refractivity contribution in [3.8, 4) is 11.1 Å². The van der Waals surface area contributed by atoms with Crippen LogP contribution in [0.1, 0.15) is 36.2 Å². The standard InChI is InChI=1S/C27H38N2O6SSi/c1-8-33-17-23-15-22(16-30)13-14-24(23)25-11-9-10-12-26(25)36(31,32)29(18-34-21(4)37(5,6)7)27-19(2)20(3)28-35-27/h9-15,21,30H,8,16-18H2,1-7H3. The average molecular weight is 547 g/mol. The Labute approximate surface area is 221 Å². The first-order chi connectivity index (χ1) is 17.4. The zero-order valence-electron chi connectivity index (χ0n) is 22.7. The number of aryl methyl sites for hydroxylation is 1. The molecule has 10 heteroatoms. The number of anilines is 1. The first-order valence-electron chi connectivity index (χ1n) is 12.4. The molecule has 0 bridgehead atoms. The number of rotatable bonds is 12.